The molecule has 1 fully saturated rings. The van der Waals surface area contributed by atoms with E-state index in [1.54, 1.807) is 24.3 Å². The molecule has 200 valence electrons. The number of ether oxygens (including phenoxy) is 3. The van der Waals surface area contributed by atoms with Gasteiger partial charge >= 0.3 is 6.18 Å². The molecular formula is C29H28F3NO5. The zero-order valence-corrected chi connectivity index (χ0v) is 20.6. The van der Waals surface area contributed by atoms with Crippen LogP contribution in [0.2, 0.25) is 0 Å². The van der Waals surface area contributed by atoms with Crippen molar-refractivity contribution >= 4 is 11.1 Å². The molecule has 3 aromatic rings. The van der Waals surface area contributed by atoms with Gasteiger partial charge < -0.3 is 24.4 Å². The van der Waals surface area contributed by atoms with E-state index in [-0.39, 0.29) is 33.9 Å². The summed E-state index contributed by atoms with van der Waals surface area (Å²) in [6.07, 6.45) is -4.97. The maximum atomic E-state index is 14.5. The molecule has 1 unspecified atom stereocenters. The quantitative estimate of drug-likeness (QED) is 0.378. The molecule has 0 aromatic heterocycles. The predicted molar refractivity (Wildman–Crippen MR) is 136 cm³/mol. The average Bonchev–Trinajstić information content (AvgIpc) is 2.91. The number of hydrogen-bond acceptors (Lipinski definition) is 6. The molecule has 0 spiro atoms. The standard InChI is InChI=1S/C29H28F3NO5/c30-29(31,32)27-24-11-8-22(35)18-25(24)38-28(26(27)19-2-6-21(34)7-3-19)20-4-9-23(10-5-20)37-15-1-12-33-13-16-36-17-14-33/h2-11,18,28,34-35H,1,12-17H2. The fraction of sp³-hybridized carbons (Fsp3) is 0.310. The molecule has 5 rings (SSSR count). The Hall–Kier alpha value is -3.69. The molecule has 0 bridgehead atoms. The van der Waals surface area contributed by atoms with Crippen LogP contribution in [0.25, 0.3) is 11.1 Å². The first-order valence-electron chi connectivity index (χ1n) is 12.4. The van der Waals surface area contributed by atoms with Gasteiger partial charge in [-0.3, -0.25) is 4.90 Å². The molecule has 38 heavy (non-hydrogen) atoms. The monoisotopic (exact) mass is 527 g/mol. The van der Waals surface area contributed by atoms with Crippen molar-refractivity contribution in [3.05, 3.63) is 83.4 Å². The van der Waals surface area contributed by atoms with E-state index in [0.29, 0.717) is 17.9 Å². The zero-order chi connectivity index (χ0) is 26.7. The van der Waals surface area contributed by atoms with E-state index in [1.807, 2.05) is 0 Å². The number of benzene rings is 3. The van der Waals surface area contributed by atoms with Crippen LogP contribution >= 0.6 is 0 Å². The first kappa shape index (κ1) is 25.9. The lowest BCUT2D eigenvalue weighted by Crippen LogP contribution is -2.37. The van der Waals surface area contributed by atoms with Gasteiger partial charge in [-0.2, -0.15) is 13.2 Å². The molecule has 6 nitrogen and oxygen atoms in total. The van der Waals surface area contributed by atoms with E-state index in [1.165, 1.54) is 42.5 Å². The van der Waals surface area contributed by atoms with Gasteiger partial charge in [-0.25, -0.2) is 0 Å². The number of phenols is 2. The van der Waals surface area contributed by atoms with Crippen molar-refractivity contribution in [3.8, 4) is 23.0 Å². The van der Waals surface area contributed by atoms with Crippen molar-refractivity contribution in [2.75, 3.05) is 39.5 Å². The summed E-state index contributed by atoms with van der Waals surface area (Å²) in [5.74, 6) is 0.290. The molecule has 1 atom stereocenters. The second-order valence-electron chi connectivity index (χ2n) is 9.24. The lowest BCUT2D eigenvalue weighted by molar-refractivity contribution is -0.0695. The predicted octanol–water partition coefficient (Wildman–Crippen LogP) is 5.81. The Morgan fingerprint density at radius 2 is 1.58 bits per heavy atom. The van der Waals surface area contributed by atoms with Crippen LogP contribution in [0.3, 0.4) is 0 Å². The molecule has 2 N–H and O–H groups in total. The number of aromatic hydroxyl groups is 2. The van der Waals surface area contributed by atoms with E-state index in [9.17, 15) is 23.4 Å². The van der Waals surface area contributed by atoms with E-state index in [2.05, 4.69) is 4.90 Å². The molecule has 1 saturated heterocycles. The fourth-order valence-corrected chi connectivity index (χ4v) is 4.80. The van der Waals surface area contributed by atoms with E-state index in [0.717, 1.165) is 39.3 Å². The van der Waals surface area contributed by atoms with Crippen LogP contribution in [0, 0.1) is 0 Å². The first-order valence-corrected chi connectivity index (χ1v) is 12.4. The molecule has 0 amide bonds. The van der Waals surface area contributed by atoms with Gasteiger partial charge in [0.25, 0.3) is 0 Å². The number of rotatable bonds is 7. The average molecular weight is 528 g/mol. The van der Waals surface area contributed by atoms with Gasteiger partial charge in [0.05, 0.1) is 25.4 Å². The van der Waals surface area contributed by atoms with Gasteiger partial charge in [-0.05, 0) is 53.9 Å². The topological polar surface area (TPSA) is 71.4 Å². The summed E-state index contributed by atoms with van der Waals surface area (Å²) in [6.45, 7) is 4.73. The van der Waals surface area contributed by atoms with E-state index < -0.39 is 17.9 Å². The van der Waals surface area contributed by atoms with Crippen LogP contribution in [0.1, 0.15) is 29.2 Å². The van der Waals surface area contributed by atoms with Gasteiger partial charge in [0, 0.05) is 36.8 Å². The van der Waals surface area contributed by atoms with E-state index in [4.69, 9.17) is 14.2 Å². The normalized spacial score (nSPS) is 18.1. The Kier molecular flexibility index (Phi) is 7.49. The van der Waals surface area contributed by atoms with Crippen LogP contribution in [0.4, 0.5) is 13.2 Å². The second-order valence-corrected chi connectivity index (χ2v) is 9.24. The molecule has 0 saturated carbocycles. The van der Waals surface area contributed by atoms with Crippen molar-refractivity contribution in [1.82, 2.24) is 4.90 Å². The van der Waals surface area contributed by atoms with Crippen molar-refractivity contribution < 1.29 is 37.6 Å². The highest BCUT2D eigenvalue weighted by atomic mass is 19.4. The number of allylic oxidation sites excluding steroid dienone is 1. The first-order chi connectivity index (χ1) is 18.3. The summed E-state index contributed by atoms with van der Waals surface area (Å²) in [4.78, 5) is 2.32. The molecule has 0 aliphatic carbocycles. The molecular weight excluding hydrogens is 499 g/mol. The third-order valence-electron chi connectivity index (χ3n) is 6.65. The Balaban J connectivity index is 1.43. The van der Waals surface area contributed by atoms with Gasteiger partial charge in [-0.15, -0.1) is 0 Å². The van der Waals surface area contributed by atoms with Crippen LogP contribution in [0.15, 0.2) is 66.7 Å². The molecule has 2 aliphatic heterocycles. The highest BCUT2D eigenvalue weighted by Gasteiger charge is 2.44. The third kappa shape index (κ3) is 5.74. The summed E-state index contributed by atoms with van der Waals surface area (Å²) < 4.78 is 60.9. The van der Waals surface area contributed by atoms with E-state index >= 15 is 0 Å². The molecule has 2 heterocycles. The lowest BCUT2D eigenvalue weighted by atomic mass is 9.85. The molecule has 0 radical (unpaired) electrons. The number of hydrogen-bond donors (Lipinski definition) is 2. The Morgan fingerprint density at radius 1 is 0.895 bits per heavy atom. The Morgan fingerprint density at radius 3 is 2.26 bits per heavy atom. The van der Waals surface area contributed by atoms with Crippen LogP contribution in [0.5, 0.6) is 23.0 Å². The molecule has 2 aliphatic rings. The third-order valence-corrected chi connectivity index (χ3v) is 6.65. The SMILES string of the molecule is Oc1ccc(C2=C(C(F)(F)F)c3ccc(O)cc3OC2c2ccc(OCCCN3CCOCC3)cc2)cc1. The van der Waals surface area contributed by atoms with Crippen molar-refractivity contribution in [3.63, 3.8) is 0 Å². The summed E-state index contributed by atoms with van der Waals surface area (Å²) >= 11 is 0. The number of fused-ring (bicyclic) bond motifs is 1. The van der Waals surface area contributed by atoms with Gasteiger partial charge in [-0.1, -0.05) is 24.3 Å². The zero-order valence-electron chi connectivity index (χ0n) is 20.6. The number of nitrogens with zero attached hydrogens (tertiary/aromatic N) is 1. The van der Waals surface area contributed by atoms with Crippen LogP contribution < -0.4 is 9.47 Å². The number of morpholine rings is 1. The summed E-state index contributed by atoms with van der Waals surface area (Å²) in [7, 11) is 0. The lowest BCUT2D eigenvalue weighted by Gasteiger charge is -2.33. The summed E-state index contributed by atoms with van der Waals surface area (Å²) in [6, 6.07) is 15.9. The van der Waals surface area contributed by atoms with Crippen molar-refractivity contribution in [2.45, 2.75) is 18.7 Å². The van der Waals surface area contributed by atoms with Crippen LogP contribution in [-0.2, 0) is 4.74 Å². The number of phenolic OH excluding ortho intramolecular Hbond substituents is 2. The van der Waals surface area contributed by atoms with Crippen LogP contribution in [-0.4, -0.2) is 60.7 Å². The maximum absolute atomic E-state index is 14.5. The van der Waals surface area contributed by atoms with Gasteiger partial charge in [0.2, 0.25) is 0 Å². The maximum Gasteiger partial charge on any atom is 0.417 e. The fourth-order valence-electron chi connectivity index (χ4n) is 4.80. The van der Waals surface area contributed by atoms with Gasteiger partial charge in [0.1, 0.15) is 23.0 Å². The number of halogens is 3. The minimum absolute atomic E-state index is 0.0587. The van der Waals surface area contributed by atoms with Crippen molar-refractivity contribution in [2.24, 2.45) is 0 Å². The second kappa shape index (κ2) is 11.0. The van der Waals surface area contributed by atoms with Gasteiger partial charge in [0.15, 0.2) is 6.10 Å². The molecule has 3 aromatic carbocycles. The highest BCUT2D eigenvalue weighted by molar-refractivity contribution is 5.98. The molecule has 9 heteroatoms. The Bertz CT molecular complexity index is 1280. The minimum atomic E-state index is -4.70. The van der Waals surface area contributed by atoms with Crippen molar-refractivity contribution in [1.29, 1.82) is 0 Å². The Labute approximate surface area is 218 Å². The summed E-state index contributed by atoms with van der Waals surface area (Å²) in [5, 5.41) is 19.7. The highest BCUT2D eigenvalue weighted by Crippen LogP contribution is 2.53. The number of alkyl halides is 3. The minimum Gasteiger partial charge on any atom is -0.508 e. The summed E-state index contributed by atoms with van der Waals surface area (Å²) in [5.41, 5.74) is -0.325. The largest absolute Gasteiger partial charge is 0.508 e. The smallest absolute Gasteiger partial charge is 0.417 e.